The second kappa shape index (κ2) is 4.01. The van der Waals surface area contributed by atoms with Crippen molar-refractivity contribution in [2.45, 2.75) is 13.8 Å². The molecule has 0 atom stereocenters. The highest BCUT2D eigenvalue weighted by molar-refractivity contribution is 7.91. The number of nitrogens with zero attached hydrogens (tertiary/aromatic N) is 1. The van der Waals surface area contributed by atoms with Gasteiger partial charge in [-0.05, 0) is 13.8 Å². The topological polar surface area (TPSA) is 91.9 Å². The first-order chi connectivity index (χ1) is 6.79. The van der Waals surface area contributed by atoms with Gasteiger partial charge in [0.15, 0.2) is 15.7 Å². The Kier molecular flexibility index (Phi) is 3.13. The normalized spacial score (nSPS) is 11.4. The number of sulfone groups is 1. The van der Waals surface area contributed by atoms with E-state index in [1.165, 1.54) is 0 Å². The number of amides is 1. The van der Waals surface area contributed by atoms with Crippen LogP contribution < -0.4 is 5.32 Å². The van der Waals surface area contributed by atoms with E-state index < -0.39 is 21.5 Å². The molecule has 0 saturated carbocycles. The molecule has 0 unspecified atom stereocenters. The first-order valence-electron chi connectivity index (χ1n) is 4.29. The first-order valence-corrected chi connectivity index (χ1v) is 6.35. The van der Waals surface area contributed by atoms with Gasteiger partial charge in [0.2, 0.25) is 5.91 Å². The number of hydrogen-bond donors (Lipinski definition) is 2. The van der Waals surface area contributed by atoms with Gasteiger partial charge in [0.05, 0.1) is 0 Å². The number of anilines is 1. The number of carbonyl (C=O) groups excluding carboxylic acids is 1. The number of nitrogens with one attached hydrogen (secondary N) is 2. The lowest BCUT2D eigenvalue weighted by atomic mass is 10.3. The van der Waals surface area contributed by atoms with Crippen molar-refractivity contribution < 1.29 is 13.2 Å². The average molecular weight is 231 g/mol. The first kappa shape index (κ1) is 11.7. The van der Waals surface area contributed by atoms with Gasteiger partial charge < -0.3 is 5.32 Å². The van der Waals surface area contributed by atoms with Gasteiger partial charge in [-0.15, -0.1) is 0 Å². The Morgan fingerprint density at radius 1 is 1.47 bits per heavy atom. The third-order valence-corrected chi connectivity index (χ3v) is 2.69. The molecule has 0 aromatic carbocycles. The summed E-state index contributed by atoms with van der Waals surface area (Å²) in [6, 6.07) is 0. The predicted molar refractivity (Wildman–Crippen MR) is 56.4 cm³/mol. The molecule has 6 nitrogen and oxygen atoms in total. The van der Waals surface area contributed by atoms with Crippen molar-refractivity contribution in [2.75, 3.05) is 17.3 Å². The lowest BCUT2D eigenvalue weighted by Gasteiger charge is -2.01. The van der Waals surface area contributed by atoms with E-state index in [1.54, 1.807) is 6.92 Å². The number of aromatic nitrogens is 2. The maximum atomic E-state index is 11.2. The van der Waals surface area contributed by atoms with E-state index in [0.29, 0.717) is 5.82 Å². The fourth-order valence-corrected chi connectivity index (χ4v) is 1.56. The summed E-state index contributed by atoms with van der Waals surface area (Å²) in [6.07, 6.45) is 1.01. The van der Waals surface area contributed by atoms with Gasteiger partial charge in [-0.2, -0.15) is 5.10 Å². The smallest absolute Gasteiger partial charge is 0.240 e. The number of aryl methyl sites for hydroxylation is 1. The van der Waals surface area contributed by atoms with Crippen LogP contribution in [0, 0.1) is 13.8 Å². The molecule has 1 aromatic rings. The monoisotopic (exact) mass is 231 g/mol. The molecule has 1 rings (SSSR count). The standard InChI is InChI=1S/C8H13N3O3S/c1-5-6(2)10-11-8(5)9-7(12)4-15(3,13)14/h4H2,1-3H3,(H2,9,10,11,12). The Morgan fingerprint density at radius 2 is 2.07 bits per heavy atom. The maximum Gasteiger partial charge on any atom is 0.240 e. The van der Waals surface area contributed by atoms with Crippen LogP contribution in [0.25, 0.3) is 0 Å². The molecule has 7 heteroatoms. The second-order valence-electron chi connectivity index (χ2n) is 3.44. The maximum absolute atomic E-state index is 11.2. The van der Waals surface area contributed by atoms with Crippen LogP contribution in [0.3, 0.4) is 0 Å². The molecule has 0 spiro atoms. The Hall–Kier alpha value is -1.37. The van der Waals surface area contributed by atoms with Crippen LogP contribution in [0.4, 0.5) is 5.82 Å². The highest BCUT2D eigenvalue weighted by Crippen LogP contribution is 2.13. The molecular weight excluding hydrogens is 218 g/mol. The third-order valence-electron chi connectivity index (χ3n) is 1.90. The number of aromatic amines is 1. The summed E-state index contributed by atoms with van der Waals surface area (Å²) in [4.78, 5) is 11.2. The minimum Gasteiger partial charge on any atom is -0.308 e. The molecule has 0 fully saturated rings. The highest BCUT2D eigenvalue weighted by atomic mass is 32.2. The average Bonchev–Trinajstić information content (AvgIpc) is 2.32. The van der Waals surface area contributed by atoms with Crippen molar-refractivity contribution >= 4 is 21.6 Å². The highest BCUT2D eigenvalue weighted by Gasteiger charge is 2.13. The lowest BCUT2D eigenvalue weighted by molar-refractivity contribution is -0.113. The van der Waals surface area contributed by atoms with Crippen LogP contribution >= 0.6 is 0 Å². The van der Waals surface area contributed by atoms with E-state index in [0.717, 1.165) is 17.5 Å². The Morgan fingerprint density at radius 3 is 2.47 bits per heavy atom. The van der Waals surface area contributed by atoms with Crippen molar-refractivity contribution in [3.63, 3.8) is 0 Å². The molecule has 0 radical (unpaired) electrons. The van der Waals surface area contributed by atoms with Crippen molar-refractivity contribution in [1.82, 2.24) is 10.2 Å². The largest absolute Gasteiger partial charge is 0.308 e. The summed E-state index contributed by atoms with van der Waals surface area (Å²) in [7, 11) is -3.30. The predicted octanol–water partition coefficient (Wildman–Crippen LogP) is 0.00964. The number of hydrogen-bond acceptors (Lipinski definition) is 4. The van der Waals surface area contributed by atoms with Gasteiger partial charge in [0, 0.05) is 17.5 Å². The molecule has 2 N–H and O–H groups in total. The van der Waals surface area contributed by atoms with Gasteiger partial charge in [-0.1, -0.05) is 0 Å². The van der Waals surface area contributed by atoms with Crippen LogP contribution in [0.15, 0.2) is 0 Å². The molecule has 84 valence electrons. The number of carbonyl (C=O) groups is 1. The third kappa shape index (κ3) is 3.35. The lowest BCUT2D eigenvalue weighted by Crippen LogP contribution is -2.22. The number of H-pyrrole nitrogens is 1. The van der Waals surface area contributed by atoms with Crippen LogP contribution in [-0.4, -0.2) is 36.5 Å². The van der Waals surface area contributed by atoms with Gasteiger partial charge in [0.25, 0.3) is 0 Å². The summed E-state index contributed by atoms with van der Waals surface area (Å²) < 4.78 is 21.7. The van der Waals surface area contributed by atoms with Crippen molar-refractivity contribution in [3.05, 3.63) is 11.3 Å². The molecule has 0 bridgehead atoms. The molecule has 1 heterocycles. The Labute approximate surface area is 88.0 Å². The summed E-state index contributed by atoms with van der Waals surface area (Å²) in [5, 5.41) is 8.95. The van der Waals surface area contributed by atoms with Crippen LogP contribution in [-0.2, 0) is 14.6 Å². The zero-order valence-corrected chi connectivity index (χ0v) is 9.60. The van der Waals surface area contributed by atoms with E-state index in [-0.39, 0.29) is 0 Å². The summed E-state index contributed by atoms with van der Waals surface area (Å²) in [5.41, 5.74) is 1.64. The number of rotatable bonds is 3. The molecule has 0 aliphatic carbocycles. The van der Waals surface area contributed by atoms with Gasteiger partial charge in [0.1, 0.15) is 5.75 Å². The molecule has 0 aliphatic heterocycles. The fraction of sp³-hybridized carbons (Fsp3) is 0.500. The van der Waals surface area contributed by atoms with Crippen LogP contribution in [0.5, 0.6) is 0 Å². The Bertz CT molecular complexity index is 475. The minimum atomic E-state index is -3.30. The van der Waals surface area contributed by atoms with E-state index in [4.69, 9.17) is 0 Å². The zero-order valence-electron chi connectivity index (χ0n) is 8.79. The molecule has 15 heavy (non-hydrogen) atoms. The van der Waals surface area contributed by atoms with E-state index >= 15 is 0 Å². The summed E-state index contributed by atoms with van der Waals surface area (Å²) in [5.74, 6) is -0.730. The van der Waals surface area contributed by atoms with Crippen molar-refractivity contribution in [3.8, 4) is 0 Å². The van der Waals surface area contributed by atoms with Crippen LogP contribution in [0.2, 0.25) is 0 Å². The Balaban J connectivity index is 2.72. The van der Waals surface area contributed by atoms with Gasteiger partial charge >= 0.3 is 0 Å². The van der Waals surface area contributed by atoms with Crippen molar-refractivity contribution in [1.29, 1.82) is 0 Å². The van der Waals surface area contributed by atoms with E-state index in [1.807, 2.05) is 6.92 Å². The van der Waals surface area contributed by atoms with Gasteiger partial charge in [-0.3, -0.25) is 9.89 Å². The van der Waals surface area contributed by atoms with Crippen molar-refractivity contribution in [2.24, 2.45) is 0 Å². The molecule has 1 aromatic heterocycles. The molecule has 0 aliphatic rings. The summed E-state index contributed by atoms with van der Waals surface area (Å²) in [6.45, 7) is 3.60. The van der Waals surface area contributed by atoms with Crippen LogP contribution in [0.1, 0.15) is 11.3 Å². The minimum absolute atomic E-state index is 0.376. The molecule has 1 amide bonds. The zero-order chi connectivity index (χ0) is 11.6. The molecule has 0 saturated heterocycles. The van der Waals surface area contributed by atoms with E-state index in [9.17, 15) is 13.2 Å². The fourth-order valence-electron chi connectivity index (χ4n) is 1.01. The quantitative estimate of drug-likeness (QED) is 0.766. The second-order valence-corrected chi connectivity index (χ2v) is 5.58. The summed E-state index contributed by atoms with van der Waals surface area (Å²) >= 11 is 0. The SMILES string of the molecule is Cc1[nH]nc(NC(=O)CS(C)(=O)=O)c1C. The molecular formula is C8H13N3O3S. The van der Waals surface area contributed by atoms with E-state index in [2.05, 4.69) is 15.5 Å². The van der Waals surface area contributed by atoms with Gasteiger partial charge in [-0.25, -0.2) is 8.42 Å².